The molecule has 45 valence electrons. The molecule has 2 nitrogen and oxygen atoms in total. The smallest absolute Gasteiger partial charge is 0.102 e. The molecule has 1 radical (unpaired) electrons. The van der Waals surface area contributed by atoms with Crippen LogP contribution in [0.4, 0.5) is 5.69 Å². The molecule has 2 heteroatoms. The molecule has 0 aromatic heterocycles. The van der Waals surface area contributed by atoms with Crippen LogP contribution in [0.3, 0.4) is 0 Å². The molecule has 2 rings (SSSR count). The normalized spacial score (nSPS) is 14.7. The van der Waals surface area contributed by atoms with Crippen molar-refractivity contribution >= 4 is 5.69 Å². The average Bonchev–Trinajstić information content (AvgIpc) is 2.33. The van der Waals surface area contributed by atoms with Gasteiger partial charge in [-0.3, -0.25) is 10.3 Å². The summed E-state index contributed by atoms with van der Waals surface area (Å²) in [6, 6.07) is 8.71. The van der Waals surface area contributed by atoms with Gasteiger partial charge in [0.1, 0.15) is 6.61 Å². The van der Waals surface area contributed by atoms with E-state index in [2.05, 4.69) is 11.5 Å². The zero-order valence-corrected chi connectivity index (χ0v) is 4.85. The van der Waals surface area contributed by atoms with Crippen LogP contribution in [0.1, 0.15) is 5.56 Å². The second kappa shape index (κ2) is 1.74. The predicted molar refractivity (Wildman–Crippen MR) is 33.7 cm³/mol. The van der Waals surface area contributed by atoms with Gasteiger partial charge >= 0.3 is 0 Å². The van der Waals surface area contributed by atoms with Gasteiger partial charge in [0, 0.05) is 5.56 Å². The summed E-state index contributed by atoms with van der Waals surface area (Å²) in [7, 11) is 0. The van der Waals surface area contributed by atoms with Crippen molar-refractivity contribution in [3.05, 3.63) is 29.8 Å². The third-order valence-corrected chi connectivity index (χ3v) is 1.36. The van der Waals surface area contributed by atoms with Crippen molar-refractivity contribution in [1.82, 2.24) is 0 Å². The standard InChI is InChI=1S/C7H6NO/c1-2-4-7-6(3-1)5-9-8-7/h2-4,8H,5H2. The van der Waals surface area contributed by atoms with Crippen LogP contribution in [-0.2, 0) is 11.4 Å². The lowest BCUT2D eigenvalue weighted by Crippen LogP contribution is -1.86. The number of benzene rings is 1. The molecule has 0 spiro atoms. The molecule has 1 aromatic carbocycles. The minimum atomic E-state index is 0.659. The van der Waals surface area contributed by atoms with Gasteiger partial charge in [0.2, 0.25) is 0 Å². The first-order valence-corrected chi connectivity index (χ1v) is 2.83. The number of hydrogen-bond donors (Lipinski definition) is 1. The van der Waals surface area contributed by atoms with E-state index in [4.69, 9.17) is 4.84 Å². The molecule has 0 amide bonds. The van der Waals surface area contributed by atoms with Gasteiger partial charge in [-0.05, 0) is 18.2 Å². The number of fused-ring (bicyclic) bond motifs is 1. The van der Waals surface area contributed by atoms with E-state index in [0.29, 0.717) is 6.61 Å². The van der Waals surface area contributed by atoms with Gasteiger partial charge in [0.15, 0.2) is 0 Å². The van der Waals surface area contributed by atoms with Gasteiger partial charge in [-0.25, -0.2) is 0 Å². The van der Waals surface area contributed by atoms with E-state index in [1.165, 1.54) is 5.56 Å². The van der Waals surface area contributed by atoms with Gasteiger partial charge in [-0.1, -0.05) is 6.07 Å². The molecule has 9 heavy (non-hydrogen) atoms. The van der Waals surface area contributed by atoms with E-state index in [-0.39, 0.29) is 0 Å². The lowest BCUT2D eigenvalue weighted by atomic mass is 10.2. The van der Waals surface area contributed by atoms with E-state index in [9.17, 15) is 0 Å². The minimum Gasteiger partial charge on any atom is -0.271 e. The van der Waals surface area contributed by atoms with Crippen LogP contribution in [-0.4, -0.2) is 0 Å². The monoisotopic (exact) mass is 120 g/mol. The summed E-state index contributed by atoms with van der Waals surface area (Å²) in [5, 5.41) is 0. The van der Waals surface area contributed by atoms with Crippen LogP contribution in [0.25, 0.3) is 0 Å². The van der Waals surface area contributed by atoms with Crippen molar-refractivity contribution in [2.24, 2.45) is 0 Å². The summed E-state index contributed by atoms with van der Waals surface area (Å²) in [6.07, 6.45) is 0. The zero-order chi connectivity index (χ0) is 6.10. The third kappa shape index (κ3) is 0.678. The molecule has 0 aliphatic carbocycles. The number of anilines is 1. The highest BCUT2D eigenvalue weighted by molar-refractivity contribution is 5.50. The van der Waals surface area contributed by atoms with Crippen molar-refractivity contribution < 1.29 is 4.84 Å². The lowest BCUT2D eigenvalue weighted by molar-refractivity contribution is 0.202. The Morgan fingerprint density at radius 1 is 1.67 bits per heavy atom. The van der Waals surface area contributed by atoms with Gasteiger partial charge in [0.05, 0.1) is 5.69 Å². The predicted octanol–water partition coefficient (Wildman–Crippen LogP) is 1.34. The highest BCUT2D eigenvalue weighted by Crippen LogP contribution is 2.20. The van der Waals surface area contributed by atoms with Crippen LogP contribution >= 0.6 is 0 Å². The highest BCUT2D eigenvalue weighted by Gasteiger charge is 2.07. The maximum absolute atomic E-state index is 4.94. The molecule has 0 bridgehead atoms. The fourth-order valence-corrected chi connectivity index (χ4v) is 0.876. The number of rotatable bonds is 0. The van der Waals surface area contributed by atoms with Crippen molar-refractivity contribution in [1.29, 1.82) is 0 Å². The highest BCUT2D eigenvalue weighted by atomic mass is 16.6. The van der Waals surface area contributed by atoms with Gasteiger partial charge < -0.3 is 0 Å². The Labute approximate surface area is 53.4 Å². The first-order valence-electron chi connectivity index (χ1n) is 2.83. The molecule has 1 N–H and O–H groups in total. The van der Waals surface area contributed by atoms with Crippen LogP contribution in [0, 0.1) is 6.07 Å². The van der Waals surface area contributed by atoms with E-state index in [1.54, 1.807) is 0 Å². The van der Waals surface area contributed by atoms with Crippen LogP contribution in [0.15, 0.2) is 18.2 Å². The van der Waals surface area contributed by atoms with Crippen molar-refractivity contribution in [2.75, 3.05) is 5.48 Å². The molecule has 1 aliphatic rings. The molecule has 0 fully saturated rings. The third-order valence-electron chi connectivity index (χ3n) is 1.36. The molecule has 1 heterocycles. The molecule has 1 aromatic rings. The van der Waals surface area contributed by atoms with Crippen molar-refractivity contribution in [3.8, 4) is 0 Å². The zero-order valence-electron chi connectivity index (χ0n) is 4.85. The van der Waals surface area contributed by atoms with E-state index in [1.807, 2.05) is 18.2 Å². The first kappa shape index (κ1) is 4.82. The van der Waals surface area contributed by atoms with Gasteiger partial charge in [-0.2, -0.15) is 0 Å². The lowest BCUT2D eigenvalue weighted by Gasteiger charge is -1.91. The average molecular weight is 120 g/mol. The Morgan fingerprint density at radius 3 is 3.56 bits per heavy atom. The van der Waals surface area contributed by atoms with Crippen molar-refractivity contribution in [2.45, 2.75) is 6.61 Å². The Balaban J connectivity index is 2.54. The second-order valence-electron chi connectivity index (χ2n) is 1.97. The Bertz CT molecular complexity index is 199. The van der Waals surface area contributed by atoms with E-state index in [0.717, 1.165) is 5.69 Å². The number of hydrogen-bond acceptors (Lipinski definition) is 2. The topological polar surface area (TPSA) is 21.3 Å². The summed E-state index contributed by atoms with van der Waals surface area (Å²) in [4.78, 5) is 4.94. The maximum atomic E-state index is 4.94. The maximum Gasteiger partial charge on any atom is 0.102 e. The number of nitrogens with one attached hydrogen (secondary N) is 1. The summed E-state index contributed by atoms with van der Waals surface area (Å²) in [5.41, 5.74) is 5.02. The van der Waals surface area contributed by atoms with Crippen LogP contribution < -0.4 is 5.48 Å². The van der Waals surface area contributed by atoms with E-state index < -0.39 is 0 Å². The molecule has 0 unspecified atom stereocenters. The quantitative estimate of drug-likeness (QED) is 0.558. The van der Waals surface area contributed by atoms with Crippen LogP contribution in [0.2, 0.25) is 0 Å². The molecule has 0 saturated heterocycles. The summed E-state index contributed by atoms with van der Waals surface area (Å²) >= 11 is 0. The Morgan fingerprint density at radius 2 is 2.67 bits per heavy atom. The van der Waals surface area contributed by atoms with Gasteiger partial charge in [-0.15, -0.1) is 0 Å². The fourth-order valence-electron chi connectivity index (χ4n) is 0.876. The SMILES string of the molecule is [c]1ccc2c(c1)CON2. The summed E-state index contributed by atoms with van der Waals surface area (Å²) < 4.78 is 0. The van der Waals surface area contributed by atoms with Crippen LogP contribution in [0.5, 0.6) is 0 Å². The summed E-state index contributed by atoms with van der Waals surface area (Å²) in [5.74, 6) is 0. The Kier molecular flexibility index (Phi) is 0.932. The minimum absolute atomic E-state index is 0.659. The molecule has 0 saturated carbocycles. The fraction of sp³-hybridized carbons (Fsp3) is 0.143. The molecule has 1 aliphatic heterocycles. The van der Waals surface area contributed by atoms with E-state index >= 15 is 0 Å². The molecular formula is C7H6NO. The van der Waals surface area contributed by atoms with Crippen molar-refractivity contribution in [3.63, 3.8) is 0 Å². The largest absolute Gasteiger partial charge is 0.271 e. The Hall–Kier alpha value is -1.02. The van der Waals surface area contributed by atoms with Gasteiger partial charge in [0.25, 0.3) is 0 Å². The molecule has 0 atom stereocenters. The molecular weight excluding hydrogens is 114 g/mol. The first-order chi connectivity index (χ1) is 4.47. The summed E-state index contributed by atoms with van der Waals surface area (Å²) in [6.45, 7) is 0.659. The second-order valence-corrected chi connectivity index (χ2v) is 1.97.